The Balaban J connectivity index is 1.32. The first kappa shape index (κ1) is 20.9. The summed E-state index contributed by atoms with van der Waals surface area (Å²) >= 11 is 0. The summed E-state index contributed by atoms with van der Waals surface area (Å²) in [5.41, 5.74) is 4.37. The average Bonchev–Trinajstić information content (AvgIpc) is 3.32. The van der Waals surface area contributed by atoms with Gasteiger partial charge in [0.15, 0.2) is 0 Å². The van der Waals surface area contributed by atoms with Crippen LogP contribution in [0.25, 0.3) is 11.0 Å². The summed E-state index contributed by atoms with van der Waals surface area (Å²) in [5, 5.41) is 1.12. The normalized spacial score (nSPS) is 27.2. The van der Waals surface area contributed by atoms with Crippen LogP contribution in [0.3, 0.4) is 0 Å². The third kappa shape index (κ3) is 3.65. The topological polar surface area (TPSA) is 107 Å². The van der Waals surface area contributed by atoms with Gasteiger partial charge in [0.2, 0.25) is 10.0 Å². The summed E-state index contributed by atoms with van der Waals surface area (Å²) in [6, 6.07) is 4.51. The van der Waals surface area contributed by atoms with Gasteiger partial charge < -0.3 is 14.8 Å². The highest BCUT2D eigenvalue weighted by Gasteiger charge is 2.44. The Morgan fingerprint density at radius 3 is 2.67 bits per heavy atom. The first-order valence-corrected chi connectivity index (χ1v) is 13.5. The minimum absolute atomic E-state index is 0.0316. The van der Waals surface area contributed by atoms with Gasteiger partial charge in [-0.3, -0.25) is 0 Å². The third-order valence-corrected chi connectivity index (χ3v) is 8.29. The molecule has 174 valence electrons. The van der Waals surface area contributed by atoms with E-state index >= 15 is 0 Å². The number of anilines is 2. The Morgan fingerprint density at radius 2 is 1.91 bits per heavy atom. The standard InChI is InChI=1S/C23H29N7O2S/c1-14-9-19-18(12-30(14)20-6-8-25-22-17(20)5-7-24-22)23(27-13-26-19)29-10-15-3-4-16(11-29)21(15)28-33(2,31)32/h5-8,13-16,21,28H,3-4,9-12H2,1-2H3,(H,24,25)/t14-,15-,16+,21?/m1/s1. The van der Waals surface area contributed by atoms with E-state index in [2.05, 4.69) is 48.5 Å². The SMILES string of the molecule is C[C@@H]1Cc2ncnc(N3C[C@H]4CC[C@@H](C3)C4NS(C)(=O)=O)c2CN1c1ccnc2[nH]ccc12. The van der Waals surface area contributed by atoms with Crippen LogP contribution in [-0.4, -0.2) is 59.8 Å². The van der Waals surface area contributed by atoms with Gasteiger partial charge in [0.05, 0.1) is 11.9 Å². The summed E-state index contributed by atoms with van der Waals surface area (Å²) in [4.78, 5) is 21.9. The van der Waals surface area contributed by atoms with Crippen molar-refractivity contribution in [2.75, 3.05) is 29.1 Å². The molecule has 10 heteroatoms. The van der Waals surface area contributed by atoms with E-state index in [-0.39, 0.29) is 6.04 Å². The molecule has 0 aromatic carbocycles. The fourth-order valence-corrected chi connectivity index (χ4v) is 7.00. The molecule has 2 fully saturated rings. The van der Waals surface area contributed by atoms with Gasteiger partial charge in [0.1, 0.15) is 17.8 Å². The lowest BCUT2D eigenvalue weighted by atomic mass is 9.92. The van der Waals surface area contributed by atoms with Crippen LogP contribution in [0.1, 0.15) is 31.0 Å². The van der Waals surface area contributed by atoms with Crippen molar-refractivity contribution in [1.82, 2.24) is 24.7 Å². The van der Waals surface area contributed by atoms with Crippen molar-refractivity contribution < 1.29 is 8.42 Å². The van der Waals surface area contributed by atoms with E-state index in [9.17, 15) is 8.42 Å². The zero-order valence-electron chi connectivity index (χ0n) is 18.9. The zero-order chi connectivity index (χ0) is 22.7. The molecule has 33 heavy (non-hydrogen) atoms. The van der Waals surface area contributed by atoms with E-state index < -0.39 is 10.0 Å². The molecule has 6 rings (SSSR count). The van der Waals surface area contributed by atoms with Gasteiger partial charge >= 0.3 is 0 Å². The number of fused-ring (bicyclic) bond motifs is 4. The molecule has 3 aromatic heterocycles. The summed E-state index contributed by atoms with van der Waals surface area (Å²) in [6.07, 6.45) is 9.70. The summed E-state index contributed by atoms with van der Waals surface area (Å²) in [7, 11) is -3.21. The molecule has 2 N–H and O–H groups in total. The predicted molar refractivity (Wildman–Crippen MR) is 128 cm³/mol. The molecular weight excluding hydrogens is 438 g/mol. The van der Waals surface area contributed by atoms with Crippen LogP contribution in [0.2, 0.25) is 0 Å². The van der Waals surface area contributed by atoms with Crippen LogP contribution in [0.15, 0.2) is 30.9 Å². The van der Waals surface area contributed by atoms with Crippen LogP contribution in [0, 0.1) is 11.8 Å². The van der Waals surface area contributed by atoms with E-state index in [0.29, 0.717) is 17.9 Å². The number of H-pyrrole nitrogens is 1. The molecule has 1 saturated heterocycles. The van der Waals surface area contributed by atoms with E-state index in [1.165, 1.54) is 17.5 Å². The number of aromatic nitrogens is 4. The molecule has 5 heterocycles. The number of nitrogens with zero attached hydrogens (tertiary/aromatic N) is 5. The second-order valence-corrected chi connectivity index (χ2v) is 11.6. The lowest BCUT2D eigenvalue weighted by Gasteiger charge is -2.42. The number of pyridine rings is 1. The minimum atomic E-state index is -3.21. The molecule has 3 aromatic rings. The molecule has 4 atom stereocenters. The molecule has 1 aliphatic carbocycles. The minimum Gasteiger partial charge on any atom is -0.363 e. The maximum atomic E-state index is 11.9. The highest BCUT2D eigenvalue weighted by atomic mass is 32.2. The van der Waals surface area contributed by atoms with Gasteiger partial charge in [-0.05, 0) is 43.7 Å². The second-order valence-electron chi connectivity index (χ2n) is 9.79. The molecule has 2 aliphatic heterocycles. The number of rotatable bonds is 4. The highest BCUT2D eigenvalue weighted by Crippen LogP contribution is 2.41. The lowest BCUT2D eigenvalue weighted by Crippen LogP contribution is -2.53. The first-order chi connectivity index (χ1) is 15.9. The van der Waals surface area contributed by atoms with E-state index in [4.69, 9.17) is 4.98 Å². The van der Waals surface area contributed by atoms with Crippen molar-refractivity contribution in [1.29, 1.82) is 0 Å². The Morgan fingerprint density at radius 1 is 1.12 bits per heavy atom. The number of piperidine rings is 1. The van der Waals surface area contributed by atoms with Gasteiger partial charge in [-0.15, -0.1) is 0 Å². The molecule has 0 amide bonds. The molecular formula is C23H29N7O2S. The fourth-order valence-electron chi connectivity index (χ4n) is 6.12. The molecule has 0 radical (unpaired) electrons. The molecule has 1 saturated carbocycles. The van der Waals surface area contributed by atoms with Gasteiger partial charge in [-0.1, -0.05) is 0 Å². The van der Waals surface area contributed by atoms with Crippen LogP contribution in [0.4, 0.5) is 11.5 Å². The van der Waals surface area contributed by atoms with Gasteiger partial charge in [-0.2, -0.15) is 0 Å². The Labute approximate surface area is 193 Å². The number of aromatic amines is 1. The Kier molecular flexibility index (Phi) is 4.84. The molecule has 1 unspecified atom stereocenters. The van der Waals surface area contributed by atoms with E-state index in [1.807, 2.05) is 12.4 Å². The van der Waals surface area contributed by atoms with Gasteiger partial charge in [0.25, 0.3) is 0 Å². The van der Waals surface area contributed by atoms with Crippen molar-refractivity contribution in [3.63, 3.8) is 0 Å². The van der Waals surface area contributed by atoms with Gasteiger partial charge in [0, 0.05) is 67.2 Å². The summed E-state index contributed by atoms with van der Waals surface area (Å²) in [5.74, 6) is 1.62. The maximum absolute atomic E-state index is 11.9. The van der Waals surface area contributed by atoms with Crippen molar-refractivity contribution in [2.24, 2.45) is 11.8 Å². The molecule has 3 aliphatic rings. The van der Waals surface area contributed by atoms with Gasteiger partial charge in [-0.25, -0.2) is 28.1 Å². The average molecular weight is 468 g/mol. The highest BCUT2D eigenvalue weighted by molar-refractivity contribution is 7.88. The molecule has 9 nitrogen and oxygen atoms in total. The van der Waals surface area contributed by atoms with Crippen LogP contribution in [-0.2, 0) is 23.0 Å². The number of hydrogen-bond acceptors (Lipinski definition) is 7. The summed E-state index contributed by atoms with van der Waals surface area (Å²) in [6.45, 7) is 4.63. The lowest BCUT2D eigenvalue weighted by molar-refractivity contribution is 0.330. The monoisotopic (exact) mass is 467 g/mol. The first-order valence-electron chi connectivity index (χ1n) is 11.6. The third-order valence-electron chi connectivity index (χ3n) is 7.59. The quantitative estimate of drug-likeness (QED) is 0.605. The number of sulfonamides is 1. The molecule has 2 bridgehead atoms. The van der Waals surface area contributed by atoms with E-state index in [0.717, 1.165) is 61.4 Å². The largest absolute Gasteiger partial charge is 0.363 e. The maximum Gasteiger partial charge on any atom is 0.208 e. The van der Waals surface area contributed by atoms with E-state index in [1.54, 1.807) is 6.33 Å². The summed E-state index contributed by atoms with van der Waals surface area (Å²) < 4.78 is 26.7. The number of nitrogens with one attached hydrogen (secondary N) is 2. The van der Waals surface area contributed by atoms with Crippen LogP contribution < -0.4 is 14.5 Å². The van der Waals surface area contributed by atoms with Crippen LogP contribution in [0.5, 0.6) is 0 Å². The smallest absolute Gasteiger partial charge is 0.208 e. The van der Waals surface area contributed by atoms with Crippen molar-refractivity contribution in [3.8, 4) is 0 Å². The predicted octanol–water partition coefficient (Wildman–Crippen LogP) is 2.07. The molecule has 0 spiro atoms. The fraction of sp³-hybridized carbons (Fsp3) is 0.522. The Hall–Kier alpha value is -2.72. The van der Waals surface area contributed by atoms with Crippen molar-refractivity contribution >= 4 is 32.6 Å². The second kappa shape index (κ2) is 7.66. The number of hydrogen-bond donors (Lipinski definition) is 2. The zero-order valence-corrected chi connectivity index (χ0v) is 19.7. The van der Waals surface area contributed by atoms with Crippen molar-refractivity contribution in [2.45, 2.75) is 44.8 Å². The Bertz CT molecular complexity index is 1290. The van der Waals surface area contributed by atoms with Crippen LogP contribution >= 0.6 is 0 Å². The van der Waals surface area contributed by atoms with Crippen molar-refractivity contribution in [3.05, 3.63) is 42.1 Å².